The highest BCUT2D eigenvalue weighted by Crippen LogP contribution is 2.40. The Hall–Kier alpha value is -3.50. The predicted molar refractivity (Wildman–Crippen MR) is 126 cm³/mol. The maximum atomic E-state index is 15.0. The number of halogens is 1. The Morgan fingerprint density at radius 1 is 1.21 bits per heavy atom. The van der Waals surface area contributed by atoms with Crippen molar-refractivity contribution in [1.29, 1.82) is 5.26 Å². The van der Waals surface area contributed by atoms with Crippen LogP contribution in [-0.2, 0) is 11.2 Å². The molecule has 2 heterocycles. The summed E-state index contributed by atoms with van der Waals surface area (Å²) < 4.78 is 20.1. The van der Waals surface area contributed by atoms with Crippen molar-refractivity contribution < 1.29 is 13.6 Å². The number of likely N-dealkylation sites (tertiary alicyclic amines) is 1. The van der Waals surface area contributed by atoms with Gasteiger partial charge in [0.2, 0.25) is 5.91 Å². The molecule has 0 bridgehead atoms. The molecule has 4 atom stereocenters. The van der Waals surface area contributed by atoms with Crippen LogP contribution in [0.2, 0.25) is 0 Å². The minimum Gasteiger partial charge on any atom is -0.423 e. The first kappa shape index (κ1) is 22.3. The summed E-state index contributed by atoms with van der Waals surface area (Å²) in [4.78, 5) is 26.4. The molecule has 1 saturated carbocycles. The molecule has 1 amide bonds. The maximum absolute atomic E-state index is 15.0. The normalized spacial score (nSPS) is 22.9. The Morgan fingerprint density at radius 3 is 2.76 bits per heavy atom. The van der Waals surface area contributed by atoms with E-state index >= 15 is 0 Å². The summed E-state index contributed by atoms with van der Waals surface area (Å²) in [7, 11) is 1.99. The lowest BCUT2D eigenvalue weighted by Crippen LogP contribution is -2.47. The zero-order chi connectivity index (χ0) is 23.8. The maximum Gasteiger partial charge on any atom is 0.336 e. The quantitative estimate of drug-likeness (QED) is 0.583. The molecule has 0 radical (unpaired) electrons. The van der Waals surface area contributed by atoms with Gasteiger partial charge in [-0.25, -0.2) is 9.18 Å². The van der Waals surface area contributed by atoms with Gasteiger partial charge in [-0.15, -0.1) is 0 Å². The SMILES string of the molecule is CN1[C@H](C(=O)N[C@H](C#N)Cc2ccc(-c3ccc4oc(=O)ccc4c3)cc2F)C[C@@H]2CCC[C@@H]21. The van der Waals surface area contributed by atoms with E-state index in [-0.39, 0.29) is 18.4 Å². The van der Waals surface area contributed by atoms with Crippen molar-refractivity contribution >= 4 is 16.9 Å². The standard InChI is InChI=1S/C27H26FN3O3/c1-31-23-4-2-3-19(23)14-24(31)27(33)30-21(15-29)12-18-6-5-17(13-22(18)28)16-7-9-25-20(11-16)8-10-26(32)34-25/h5-11,13,19,21,23-24H,2-4,12,14H2,1H3,(H,30,33)/t19-,21-,23-,24-/m0/s1. The van der Waals surface area contributed by atoms with Gasteiger partial charge in [-0.3, -0.25) is 9.69 Å². The van der Waals surface area contributed by atoms with E-state index in [1.165, 1.54) is 18.6 Å². The third kappa shape index (κ3) is 4.22. The van der Waals surface area contributed by atoms with E-state index in [9.17, 15) is 19.2 Å². The Morgan fingerprint density at radius 2 is 2.00 bits per heavy atom. The fraction of sp³-hybridized carbons (Fsp3) is 0.370. The molecule has 6 nitrogen and oxygen atoms in total. The number of rotatable bonds is 5. The highest BCUT2D eigenvalue weighted by molar-refractivity contribution is 5.83. The smallest absolute Gasteiger partial charge is 0.336 e. The van der Waals surface area contributed by atoms with Gasteiger partial charge in [-0.05, 0) is 73.2 Å². The van der Waals surface area contributed by atoms with Gasteiger partial charge >= 0.3 is 5.63 Å². The summed E-state index contributed by atoms with van der Waals surface area (Å²) >= 11 is 0. The Labute approximate surface area is 197 Å². The number of hydrogen-bond acceptors (Lipinski definition) is 5. The number of nitrogens with zero attached hydrogens (tertiary/aromatic N) is 2. The number of likely N-dealkylation sites (N-methyl/N-ethyl adjacent to an activating group) is 1. The van der Waals surface area contributed by atoms with Crippen LogP contribution in [-0.4, -0.2) is 36.0 Å². The molecule has 0 unspecified atom stereocenters. The van der Waals surface area contributed by atoms with E-state index in [2.05, 4.69) is 16.3 Å². The zero-order valence-corrected chi connectivity index (χ0v) is 19.0. The largest absolute Gasteiger partial charge is 0.423 e. The van der Waals surface area contributed by atoms with Crippen LogP contribution in [0, 0.1) is 23.1 Å². The molecule has 7 heteroatoms. The predicted octanol–water partition coefficient (Wildman–Crippen LogP) is 4.02. The Balaban J connectivity index is 1.28. The second kappa shape index (κ2) is 9.03. The van der Waals surface area contributed by atoms with Crippen LogP contribution in [0.25, 0.3) is 22.1 Å². The van der Waals surface area contributed by atoms with E-state index in [1.807, 2.05) is 13.1 Å². The van der Waals surface area contributed by atoms with Gasteiger partial charge in [0.05, 0.1) is 12.1 Å². The van der Waals surface area contributed by atoms with Crippen LogP contribution in [0.4, 0.5) is 4.39 Å². The number of carbonyl (C=O) groups excluding carboxylic acids is 1. The van der Waals surface area contributed by atoms with E-state index in [1.54, 1.807) is 30.3 Å². The lowest BCUT2D eigenvalue weighted by molar-refractivity contribution is -0.125. The number of fused-ring (bicyclic) bond motifs is 2. The summed E-state index contributed by atoms with van der Waals surface area (Å²) in [5.74, 6) is -0.0279. The summed E-state index contributed by atoms with van der Waals surface area (Å²) in [6, 6.07) is 14.7. The second-order valence-corrected chi connectivity index (χ2v) is 9.38. The van der Waals surface area contributed by atoms with Gasteiger partial charge in [0, 0.05) is 23.9 Å². The number of benzene rings is 2. The minimum atomic E-state index is -0.801. The number of nitriles is 1. The van der Waals surface area contributed by atoms with Crippen molar-refractivity contribution in [3.05, 3.63) is 70.3 Å². The third-order valence-corrected chi connectivity index (χ3v) is 7.36. The Bertz CT molecular complexity index is 1340. The highest BCUT2D eigenvalue weighted by atomic mass is 19.1. The number of amides is 1. The van der Waals surface area contributed by atoms with Crippen molar-refractivity contribution in [2.75, 3.05) is 7.05 Å². The van der Waals surface area contributed by atoms with Crippen molar-refractivity contribution in [3.63, 3.8) is 0 Å². The van der Waals surface area contributed by atoms with Crippen LogP contribution in [0.3, 0.4) is 0 Å². The van der Waals surface area contributed by atoms with Crippen LogP contribution < -0.4 is 10.9 Å². The summed E-state index contributed by atoms with van der Waals surface area (Å²) in [6.07, 6.45) is 4.41. The van der Waals surface area contributed by atoms with Gasteiger partial charge in [-0.1, -0.05) is 24.6 Å². The third-order valence-electron chi connectivity index (χ3n) is 7.36. The van der Waals surface area contributed by atoms with Crippen LogP contribution in [0.15, 0.2) is 57.7 Å². The first-order chi connectivity index (χ1) is 16.4. The fourth-order valence-electron chi connectivity index (χ4n) is 5.57. The molecule has 0 spiro atoms. The van der Waals surface area contributed by atoms with Gasteiger partial charge in [0.1, 0.15) is 17.4 Å². The second-order valence-electron chi connectivity index (χ2n) is 9.38. The van der Waals surface area contributed by atoms with E-state index in [0.717, 1.165) is 30.2 Å². The molecule has 2 fully saturated rings. The van der Waals surface area contributed by atoms with Gasteiger partial charge < -0.3 is 9.73 Å². The van der Waals surface area contributed by atoms with Crippen molar-refractivity contribution in [2.45, 2.75) is 50.2 Å². The molecule has 3 aromatic rings. The van der Waals surface area contributed by atoms with Crippen LogP contribution >= 0.6 is 0 Å². The average molecular weight is 460 g/mol. The van der Waals surface area contributed by atoms with Crippen molar-refractivity contribution in [1.82, 2.24) is 10.2 Å². The van der Waals surface area contributed by atoms with E-state index in [4.69, 9.17) is 4.42 Å². The molecule has 1 aromatic heterocycles. The van der Waals surface area contributed by atoms with Crippen molar-refractivity contribution in [3.8, 4) is 17.2 Å². The number of hydrogen-bond donors (Lipinski definition) is 1. The molecular formula is C27H26FN3O3. The first-order valence-electron chi connectivity index (χ1n) is 11.7. The van der Waals surface area contributed by atoms with Gasteiger partial charge in [0.15, 0.2) is 0 Å². The molecule has 1 N–H and O–H groups in total. The number of carbonyl (C=O) groups is 1. The molecular weight excluding hydrogens is 433 g/mol. The molecule has 1 aliphatic heterocycles. The molecule has 2 aromatic carbocycles. The molecule has 34 heavy (non-hydrogen) atoms. The summed E-state index contributed by atoms with van der Waals surface area (Å²) in [6.45, 7) is 0. The molecule has 174 valence electrons. The molecule has 5 rings (SSSR count). The Kier molecular flexibility index (Phi) is 5.93. The zero-order valence-electron chi connectivity index (χ0n) is 19.0. The summed E-state index contributed by atoms with van der Waals surface area (Å²) in [5.41, 5.74) is 1.88. The van der Waals surface area contributed by atoms with Crippen LogP contribution in [0.1, 0.15) is 31.2 Å². The minimum absolute atomic E-state index is 0.0977. The first-order valence-corrected chi connectivity index (χ1v) is 11.7. The van der Waals surface area contributed by atoms with E-state index in [0.29, 0.717) is 28.7 Å². The van der Waals surface area contributed by atoms with E-state index < -0.39 is 17.5 Å². The molecule has 1 aliphatic carbocycles. The van der Waals surface area contributed by atoms with Crippen molar-refractivity contribution in [2.24, 2.45) is 5.92 Å². The topological polar surface area (TPSA) is 86.3 Å². The summed E-state index contributed by atoms with van der Waals surface area (Å²) in [5, 5.41) is 13.2. The van der Waals surface area contributed by atoms with Gasteiger partial charge in [0.25, 0.3) is 0 Å². The molecule has 2 aliphatic rings. The van der Waals surface area contributed by atoms with Crippen LogP contribution in [0.5, 0.6) is 0 Å². The van der Waals surface area contributed by atoms with Gasteiger partial charge in [-0.2, -0.15) is 5.26 Å². The fourth-order valence-corrected chi connectivity index (χ4v) is 5.57. The average Bonchev–Trinajstić information content (AvgIpc) is 3.42. The highest BCUT2D eigenvalue weighted by Gasteiger charge is 2.44. The monoisotopic (exact) mass is 459 g/mol. The lowest BCUT2D eigenvalue weighted by atomic mass is 9.99. The molecule has 1 saturated heterocycles. The lowest BCUT2D eigenvalue weighted by Gasteiger charge is -2.25. The number of nitrogens with one attached hydrogen (secondary N) is 1.